The van der Waals surface area contributed by atoms with Crippen LogP contribution in [0.2, 0.25) is 0 Å². The van der Waals surface area contributed by atoms with Crippen molar-refractivity contribution >= 4 is 44.0 Å². The molecule has 2 aromatic carbocycles. The molecule has 140 valence electrons. The lowest BCUT2D eigenvalue weighted by Crippen LogP contribution is -2.18. The van der Waals surface area contributed by atoms with Crippen LogP contribution in [0.5, 0.6) is 17.2 Å². The second-order valence-electron chi connectivity index (χ2n) is 5.07. The normalized spacial score (nSPS) is 10.3. The van der Waals surface area contributed by atoms with Crippen molar-refractivity contribution in [1.82, 2.24) is 5.43 Å². The van der Waals surface area contributed by atoms with Gasteiger partial charge in [0.15, 0.2) is 11.5 Å². The van der Waals surface area contributed by atoms with Gasteiger partial charge in [-0.05, 0) is 51.8 Å². The van der Waals surface area contributed by atoms with E-state index >= 15 is 0 Å². The van der Waals surface area contributed by atoms with Crippen LogP contribution in [0.4, 0.5) is 0 Å². The number of carbonyl (C=O) groups is 1. The Hall–Kier alpha value is -2.50. The first-order valence-corrected chi connectivity index (χ1v) is 9.19. The highest BCUT2D eigenvalue weighted by Gasteiger charge is 2.13. The Morgan fingerprint density at radius 1 is 1.22 bits per heavy atom. The van der Waals surface area contributed by atoms with Gasteiger partial charge in [-0.2, -0.15) is 5.10 Å². The van der Waals surface area contributed by atoms with Crippen LogP contribution in [0.1, 0.15) is 15.9 Å². The van der Waals surface area contributed by atoms with E-state index in [1.807, 2.05) is 0 Å². The number of hydrazone groups is 1. The van der Waals surface area contributed by atoms with Crippen LogP contribution in [0, 0.1) is 12.3 Å². The second kappa shape index (κ2) is 10.00. The largest absolute Gasteiger partial charge is 0.496 e. The molecule has 1 amide bonds. The standard InChI is InChI=1S/C19H16Br2N2O4/c1-4-7-27-18-15(21)8-12(9-17(18)26-3)11-22-23-19(24)14-10-13(20)5-6-16(14)25-2/h1,5-6,8-11H,7H2,2-3H3,(H,23,24)/b22-11-. The summed E-state index contributed by atoms with van der Waals surface area (Å²) in [4.78, 5) is 12.3. The van der Waals surface area contributed by atoms with E-state index in [0.29, 0.717) is 32.8 Å². The van der Waals surface area contributed by atoms with Gasteiger partial charge in [-0.3, -0.25) is 4.79 Å². The molecular weight excluding hydrogens is 480 g/mol. The van der Waals surface area contributed by atoms with E-state index in [4.69, 9.17) is 20.6 Å². The summed E-state index contributed by atoms with van der Waals surface area (Å²) < 4.78 is 17.4. The lowest BCUT2D eigenvalue weighted by Gasteiger charge is -2.11. The molecule has 0 spiro atoms. The molecule has 6 nitrogen and oxygen atoms in total. The van der Waals surface area contributed by atoms with Gasteiger partial charge in [-0.15, -0.1) is 6.42 Å². The lowest BCUT2D eigenvalue weighted by atomic mass is 10.2. The average molecular weight is 496 g/mol. The Kier molecular flexibility index (Phi) is 7.70. The average Bonchev–Trinajstić information content (AvgIpc) is 2.66. The van der Waals surface area contributed by atoms with E-state index in [1.165, 1.54) is 20.4 Å². The van der Waals surface area contributed by atoms with Gasteiger partial charge in [0.2, 0.25) is 0 Å². The maximum atomic E-state index is 12.3. The number of nitrogens with one attached hydrogen (secondary N) is 1. The Bertz CT molecular complexity index is 907. The van der Waals surface area contributed by atoms with Gasteiger partial charge in [0.05, 0.1) is 30.5 Å². The number of rotatable bonds is 7. The maximum Gasteiger partial charge on any atom is 0.275 e. The molecule has 0 bridgehead atoms. The van der Waals surface area contributed by atoms with Crippen LogP contribution in [0.3, 0.4) is 0 Å². The molecule has 0 fully saturated rings. The minimum absolute atomic E-state index is 0.118. The number of hydrogen-bond acceptors (Lipinski definition) is 5. The van der Waals surface area contributed by atoms with Crippen molar-refractivity contribution in [1.29, 1.82) is 0 Å². The first-order valence-electron chi connectivity index (χ1n) is 7.61. The van der Waals surface area contributed by atoms with Gasteiger partial charge in [0.25, 0.3) is 5.91 Å². The zero-order valence-electron chi connectivity index (χ0n) is 14.6. The Morgan fingerprint density at radius 2 is 1.96 bits per heavy atom. The van der Waals surface area contributed by atoms with Crippen molar-refractivity contribution in [3.63, 3.8) is 0 Å². The van der Waals surface area contributed by atoms with Crippen LogP contribution in [0.15, 0.2) is 44.4 Å². The van der Waals surface area contributed by atoms with Crippen molar-refractivity contribution in [3.8, 4) is 29.6 Å². The smallest absolute Gasteiger partial charge is 0.275 e. The summed E-state index contributed by atoms with van der Waals surface area (Å²) in [7, 11) is 3.02. The molecule has 0 aliphatic heterocycles. The Labute approximate surface area is 174 Å². The fourth-order valence-corrected chi connectivity index (χ4v) is 3.09. The molecule has 0 saturated heterocycles. The van der Waals surface area contributed by atoms with E-state index in [2.05, 4.69) is 48.3 Å². The molecule has 2 aromatic rings. The Morgan fingerprint density at radius 3 is 2.63 bits per heavy atom. The maximum absolute atomic E-state index is 12.3. The number of halogens is 2. The highest BCUT2D eigenvalue weighted by molar-refractivity contribution is 9.10. The van der Waals surface area contributed by atoms with Crippen LogP contribution in [-0.2, 0) is 0 Å². The molecule has 0 atom stereocenters. The van der Waals surface area contributed by atoms with E-state index in [-0.39, 0.29) is 6.61 Å². The molecule has 27 heavy (non-hydrogen) atoms. The minimum atomic E-state index is -0.399. The molecule has 0 unspecified atom stereocenters. The Balaban J connectivity index is 2.17. The molecule has 0 radical (unpaired) electrons. The second-order valence-corrected chi connectivity index (χ2v) is 6.84. The zero-order chi connectivity index (χ0) is 19.8. The molecule has 0 aliphatic rings. The van der Waals surface area contributed by atoms with Crippen molar-refractivity contribution in [2.45, 2.75) is 0 Å². The first kappa shape index (κ1) is 20.8. The minimum Gasteiger partial charge on any atom is -0.496 e. The monoisotopic (exact) mass is 494 g/mol. The third-order valence-corrected chi connectivity index (χ3v) is 4.42. The van der Waals surface area contributed by atoms with Gasteiger partial charge in [0, 0.05) is 4.47 Å². The highest BCUT2D eigenvalue weighted by atomic mass is 79.9. The number of terminal acetylenes is 1. The number of ether oxygens (including phenoxy) is 3. The predicted molar refractivity (Wildman–Crippen MR) is 111 cm³/mol. The summed E-state index contributed by atoms with van der Waals surface area (Å²) in [5, 5.41) is 3.99. The number of amides is 1. The molecule has 2 rings (SSSR count). The number of benzene rings is 2. The quantitative estimate of drug-likeness (QED) is 0.358. The van der Waals surface area contributed by atoms with E-state index in [0.717, 1.165) is 4.47 Å². The summed E-state index contributed by atoms with van der Waals surface area (Å²) in [6.45, 7) is 0.118. The van der Waals surface area contributed by atoms with Crippen LogP contribution in [0.25, 0.3) is 0 Å². The SMILES string of the molecule is C#CCOc1c(Br)cc(/C=N\NC(=O)c2cc(Br)ccc2OC)cc1OC. The molecule has 0 heterocycles. The fourth-order valence-electron chi connectivity index (χ4n) is 2.15. The fraction of sp³-hybridized carbons (Fsp3) is 0.158. The molecular formula is C19H16Br2N2O4. The number of nitrogens with zero attached hydrogens (tertiary/aromatic N) is 1. The summed E-state index contributed by atoms with van der Waals surface area (Å²) in [6.07, 6.45) is 6.70. The van der Waals surface area contributed by atoms with Gasteiger partial charge < -0.3 is 14.2 Å². The summed E-state index contributed by atoms with van der Waals surface area (Å²) in [5.74, 6) is 3.43. The van der Waals surface area contributed by atoms with Gasteiger partial charge >= 0.3 is 0 Å². The van der Waals surface area contributed by atoms with Gasteiger partial charge in [-0.1, -0.05) is 21.9 Å². The van der Waals surface area contributed by atoms with Crippen molar-refractivity contribution in [2.75, 3.05) is 20.8 Å². The summed E-state index contributed by atoms with van der Waals surface area (Å²) in [5.41, 5.74) is 3.52. The summed E-state index contributed by atoms with van der Waals surface area (Å²) >= 11 is 6.74. The number of methoxy groups -OCH3 is 2. The van der Waals surface area contributed by atoms with E-state index < -0.39 is 5.91 Å². The topological polar surface area (TPSA) is 69.2 Å². The number of hydrogen-bond donors (Lipinski definition) is 1. The molecule has 1 N–H and O–H groups in total. The third-order valence-electron chi connectivity index (χ3n) is 3.34. The predicted octanol–water partition coefficient (Wildman–Crippen LogP) is 4.00. The number of carbonyl (C=O) groups excluding carboxylic acids is 1. The zero-order valence-corrected chi connectivity index (χ0v) is 17.8. The van der Waals surface area contributed by atoms with Gasteiger partial charge in [-0.25, -0.2) is 5.43 Å². The van der Waals surface area contributed by atoms with E-state index in [9.17, 15) is 4.79 Å². The molecule has 0 aliphatic carbocycles. The molecule has 0 aromatic heterocycles. The van der Waals surface area contributed by atoms with Crippen LogP contribution in [-0.4, -0.2) is 32.9 Å². The highest BCUT2D eigenvalue weighted by Crippen LogP contribution is 2.36. The first-order chi connectivity index (χ1) is 13.0. The van der Waals surface area contributed by atoms with E-state index in [1.54, 1.807) is 30.3 Å². The lowest BCUT2D eigenvalue weighted by molar-refractivity contribution is 0.0952. The summed E-state index contributed by atoms with van der Waals surface area (Å²) in [6, 6.07) is 8.61. The van der Waals surface area contributed by atoms with Crippen LogP contribution >= 0.6 is 31.9 Å². The van der Waals surface area contributed by atoms with Gasteiger partial charge in [0.1, 0.15) is 12.4 Å². The van der Waals surface area contributed by atoms with Crippen LogP contribution < -0.4 is 19.6 Å². The molecule has 0 saturated carbocycles. The van der Waals surface area contributed by atoms with Crippen molar-refractivity contribution in [3.05, 3.63) is 50.4 Å². The third kappa shape index (κ3) is 5.49. The molecule has 8 heteroatoms. The van der Waals surface area contributed by atoms with Crippen molar-refractivity contribution in [2.24, 2.45) is 5.10 Å². The van der Waals surface area contributed by atoms with Crippen molar-refractivity contribution < 1.29 is 19.0 Å².